The SMILES string of the molecule is Cc1cc(C)c2c(c1)N(C(=O)c1cccc(N3CCOC3=O)c1)CCC2. The molecule has 1 fully saturated rings. The number of hydrogen-bond donors (Lipinski definition) is 0. The number of ether oxygens (including phenoxy) is 1. The number of hydrogen-bond acceptors (Lipinski definition) is 3. The van der Waals surface area contributed by atoms with Crippen molar-refractivity contribution in [3.8, 4) is 0 Å². The molecule has 2 heterocycles. The molecule has 5 nitrogen and oxygen atoms in total. The average Bonchev–Trinajstić information content (AvgIpc) is 3.07. The normalized spacial score (nSPS) is 16.5. The van der Waals surface area contributed by atoms with Crippen LogP contribution in [0.2, 0.25) is 0 Å². The molecular formula is C21H22N2O3. The summed E-state index contributed by atoms with van der Waals surface area (Å²) in [5.41, 5.74) is 5.98. The molecule has 0 saturated carbocycles. The summed E-state index contributed by atoms with van der Waals surface area (Å²) in [6, 6.07) is 11.5. The molecule has 0 unspecified atom stereocenters. The largest absolute Gasteiger partial charge is 0.447 e. The Hall–Kier alpha value is -2.82. The van der Waals surface area contributed by atoms with Crippen molar-refractivity contribution in [2.75, 3.05) is 29.5 Å². The third kappa shape index (κ3) is 2.83. The van der Waals surface area contributed by atoms with Crippen LogP contribution in [-0.4, -0.2) is 31.7 Å². The Balaban J connectivity index is 1.68. The van der Waals surface area contributed by atoms with E-state index in [2.05, 4.69) is 26.0 Å². The van der Waals surface area contributed by atoms with Gasteiger partial charge in [-0.25, -0.2) is 4.79 Å². The van der Waals surface area contributed by atoms with Crippen LogP contribution in [0.4, 0.5) is 16.2 Å². The van der Waals surface area contributed by atoms with E-state index in [4.69, 9.17) is 4.74 Å². The molecule has 2 aliphatic heterocycles. The molecule has 4 rings (SSSR count). The van der Waals surface area contributed by atoms with Gasteiger partial charge in [0.1, 0.15) is 6.61 Å². The number of rotatable bonds is 2. The van der Waals surface area contributed by atoms with Gasteiger partial charge in [-0.15, -0.1) is 0 Å². The lowest BCUT2D eigenvalue weighted by Gasteiger charge is -2.31. The first-order valence-corrected chi connectivity index (χ1v) is 9.01. The monoisotopic (exact) mass is 350 g/mol. The van der Waals surface area contributed by atoms with Gasteiger partial charge in [0.25, 0.3) is 5.91 Å². The van der Waals surface area contributed by atoms with Crippen LogP contribution in [0.15, 0.2) is 36.4 Å². The van der Waals surface area contributed by atoms with E-state index in [-0.39, 0.29) is 12.0 Å². The van der Waals surface area contributed by atoms with Crippen molar-refractivity contribution < 1.29 is 14.3 Å². The maximum atomic E-state index is 13.2. The smallest absolute Gasteiger partial charge is 0.414 e. The zero-order valence-electron chi connectivity index (χ0n) is 15.1. The number of fused-ring (bicyclic) bond motifs is 1. The summed E-state index contributed by atoms with van der Waals surface area (Å²) >= 11 is 0. The highest BCUT2D eigenvalue weighted by Crippen LogP contribution is 2.32. The van der Waals surface area contributed by atoms with Gasteiger partial charge in [-0.2, -0.15) is 0 Å². The van der Waals surface area contributed by atoms with Crippen molar-refractivity contribution in [2.45, 2.75) is 26.7 Å². The molecule has 0 aromatic heterocycles. The third-order valence-corrected chi connectivity index (χ3v) is 5.10. The minimum absolute atomic E-state index is 0.0228. The molecule has 0 spiro atoms. The van der Waals surface area contributed by atoms with E-state index < -0.39 is 0 Å². The van der Waals surface area contributed by atoms with Crippen molar-refractivity contribution in [1.82, 2.24) is 0 Å². The van der Waals surface area contributed by atoms with Crippen LogP contribution in [-0.2, 0) is 11.2 Å². The van der Waals surface area contributed by atoms with Crippen molar-refractivity contribution in [2.24, 2.45) is 0 Å². The molecule has 5 heteroatoms. The topological polar surface area (TPSA) is 49.9 Å². The van der Waals surface area contributed by atoms with Gasteiger partial charge in [-0.05, 0) is 67.6 Å². The Morgan fingerprint density at radius 1 is 1.12 bits per heavy atom. The van der Waals surface area contributed by atoms with Gasteiger partial charge in [-0.1, -0.05) is 12.1 Å². The summed E-state index contributed by atoms with van der Waals surface area (Å²) < 4.78 is 5.00. The first-order chi connectivity index (χ1) is 12.5. The lowest BCUT2D eigenvalue weighted by Crippen LogP contribution is -2.36. The maximum Gasteiger partial charge on any atom is 0.414 e. The third-order valence-electron chi connectivity index (χ3n) is 5.10. The molecule has 2 aromatic carbocycles. The lowest BCUT2D eigenvalue weighted by atomic mass is 9.94. The molecule has 26 heavy (non-hydrogen) atoms. The van der Waals surface area contributed by atoms with Gasteiger partial charge >= 0.3 is 6.09 Å². The molecule has 2 aliphatic rings. The summed E-state index contributed by atoms with van der Waals surface area (Å²) in [6.45, 7) is 5.78. The molecule has 0 radical (unpaired) electrons. The number of amides is 2. The molecular weight excluding hydrogens is 328 g/mol. The molecule has 0 bridgehead atoms. The Kier molecular flexibility index (Phi) is 4.15. The lowest BCUT2D eigenvalue weighted by molar-refractivity contribution is 0.0985. The number of benzene rings is 2. The van der Waals surface area contributed by atoms with Gasteiger partial charge in [0.05, 0.1) is 6.54 Å². The fourth-order valence-corrected chi connectivity index (χ4v) is 3.88. The fourth-order valence-electron chi connectivity index (χ4n) is 3.88. The van der Waals surface area contributed by atoms with Crippen molar-refractivity contribution in [3.63, 3.8) is 0 Å². The van der Waals surface area contributed by atoms with Crippen LogP contribution in [0.3, 0.4) is 0 Å². The standard InChI is InChI=1S/C21H22N2O3/c1-14-11-15(2)18-7-4-8-23(19(18)12-14)20(24)16-5-3-6-17(13-16)22-9-10-26-21(22)25/h3,5-6,11-13H,4,7-10H2,1-2H3. The van der Waals surface area contributed by atoms with E-state index in [0.717, 1.165) is 24.1 Å². The second kappa shape index (κ2) is 6.48. The van der Waals surface area contributed by atoms with Gasteiger partial charge in [0, 0.05) is 23.5 Å². The maximum absolute atomic E-state index is 13.2. The average molecular weight is 350 g/mol. The van der Waals surface area contributed by atoms with Gasteiger partial charge < -0.3 is 9.64 Å². The molecule has 0 aliphatic carbocycles. The first-order valence-electron chi connectivity index (χ1n) is 9.01. The fraction of sp³-hybridized carbons (Fsp3) is 0.333. The Labute approximate surface area is 153 Å². The van der Waals surface area contributed by atoms with E-state index in [0.29, 0.717) is 30.9 Å². The van der Waals surface area contributed by atoms with Crippen molar-refractivity contribution in [3.05, 3.63) is 58.7 Å². The highest BCUT2D eigenvalue weighted by Gasteiger charge is 2.27. The van der Waals surface area contributed by atoms with Crippen molar-refractivity contribution >= 4 is 23.4 Å². The van der Waals surface area contributed by atoms with Crippen LogP contribution in [0, 0.1) is 13.8 Å². The number of carbonyl (C=O) groups is 2. The van der Waals surface area contributed by atoms with Crippen LogP contribution >= 0.6 is 0 Å². The van der Waals surface area contributed by atoms with Gasteiger partial charge in [0.15, 0.2) is 0 Å². The highest BCUT2D eigenvalue weighted by molar-refractivity contribution is 6.07. The minimum atomic E-state index is -0.357. The quantitative estimate of drug-likeness (QED) is 0.826. The summed E-state index contributed by atoms with van der Waals surface area (Å²) in [5, 5.41) is 0. The predicted octanol–water partition coefficient (Wildman–Crippen LogP) is 3.85. The molecule has 1 saturated heterocycles. The Bertz CT molecular complexity index is 891. The molecule has 2 aromatic rings. The number of carbonyl (C=O) groups excluding carboxylic acids is 2. The minimum Gasteiger partial charge on any atom is -0.447 e. The van der Waals surface area contributed by atoms with E-state index in [1.807, 2.05) is 23.1 Å². The highest BCUT2D eigenvalue weighted by atomic mass is 16.6. The van der Waals surface area contributed by atoms with Crippen molar-refractivity contribution in [1.29, 1.82) is 0 Å². The van der Waals surface area contributed by atoms with Gasteiger partial charge in [0.2, 0.25) is 0 Å². The number of anilines is 2. The molecule has 134 valence electrons. The summed E-state index contributed by atoms with van der Waals surface area (Å²) in [4.78, 5) is 28.5. The molecule has 0 atom stereocenters. The van der Waals surface area contributed by atoms with E-state index in [1.165, 1.54) is 11.1 Å². The summed E-state index contributed by atoms with van der Waals surface area (Å²) in [7, 11) is 0. The van der Waals surface area contributed by atoms with Crippen LogP contribution < -0.4 is 9.80 Å². The zero-order valence-corrected chi connectivity index (χ0v) is 15.1. The number of nitrogens with zero attached hydrogens (tertiary/aromatic N) is 2. The van der Waals surface area contributed by atoms with E-state index in [9.17, 15) is 9.59 Å². The van der Waals surface area contributed by atoms with Crippen LogP contribution in [0.25, 0.3) is 0 Å². The van der Waals surface area contributed by atoms with E-state index >= 15 is 0 Å². The second-order valence-corrected chi connectivity index (χ2v) is 6.96. The van der Waals surface area contributed by atoms with Crippen LogP contribution in [0.5, 0.6) is 0 Å². The first kappa shape index (κ1) is 16.6. The van der Waals surface area contributed by atoms with Crippen LogP contribution in [0.1, 0.15) is 33.5 Å². The predicted molar refractivity (Wildman–Crippen MR) is 101 cm³/mol. The molecule has 0 N–H and O–H groups in total. The Morgan fingerprint density at radius 3 is 2.73 bits per heavy atom. The second-order valence-electron chi connectivity index (χ2n) is 6.96. The van der Waals surface area contributed by atoms with E-state index in [1.54, 1.807) is 11.0 Å². The zero-order chi connectivity index (χ0) is 18.3. The summed E-state index contributed by atoms with van der Waals surface area (Å²) in [6.07, 6.45) is 1.61. The number of aryl methyl sites for hydroxylation is 2. The summed E-state index contributed by atoms with van der Waals surface area (Å²) in [5.74, 6) is -0.0228. The number of cyclic esters (lactones) is 1. The Morgan fingerprint density at radius 2 is 1.96 bits per heavy atom. The molecule has 2 amide bonds. The van der Waals surface area contributed by atoms with Gasteiger partial charge in [-0.3, -0.25) is 9.69 Å².